The molecule has 1 aliphatic heterocycles. The summed E-state index contributed by atoms with van der Waals surface area (Å²) in [6, 6.07) is 7.92. The van der Waals surface area contributed by atoms with Gasteiger partial charge in [-0.2, -0.15) is 0 Å². The number of nitrogens with one attached hydrogen (secondary N) is 1. The number of benzene rings is 1. The Hall–Kier alpha value is -1.48. The molecule has 0 spiro atoms. The van der Waals surface area contributed by atoms with Crippen molar-refractivity contribution in [2.24, 2.45) is 0 Å². The molecule has 2 fully saturated rings. The summed E-state index contributed by atoms with van der Waals surface area (Å²) in [5.41, 5.74) is 2.67. The maximum atomic E-state index is 5.39. The van der Waals surface area contributed by atoms with Gasteiger partial charge in [0.2, 0.25) is 0 Å². The Labute approximate surface area is 132 Å². The molecule has 1 N–H and O–H groups in total. The van der Waals surface area contributed by atoms with Crippen LogP contribution in [0.1, 0.15) is 44.1 Å². The Morgan fingerprint density at radius 2 is 2.05 bits per heavy atom. The fourth-order valence-electron chi connectivity index (χ4n) is 4.50. The molecule has 4 rings (SSSR count). The third-order valence-electron chi connectivity index (χ3n) is 5.65. The van der Waals surface area contributed by atoms with Crippen molar-refractivity contribution in [2.45, 2.75) is 57.0 Å². The van der Waals surface area contributed by atoms with E-state index in [2.05, 4.69) is 28.2 Å². The highest BCUT2D eigenvalue weighted by Gasteiger charge is 2.32. The van der Waals surface area contributed by atoms with E-state index in [1.54, 1.807) is 7.11 Å². The highest BCUT2D eigenvalue weighted by molar-refractivity contribution is 5.84. The van der Waals surface area contributed by atoms with Gasteiger partial charge in [-0.1, -0.05) is 12.8 Å². The Balaban J connectivity index is 1.57. The highest BCUT2D eigenvalue weighted by Crippen LogP contribution is 2.33. The lowest BCUT2D eigenvalue weighted by Gasteiger charge is -2.30. The zero-order valence-electron chi connectivity index (χ0n) is 13.5. The number of aromatic amines is 1. The summed E-state index contributed by atoms with van der Waals surface area (Å²) in [5, 5.41) is 1.33. The van der Waals surface area contributed by atoms with Crippen LogP contribution in [0.5, 0.6) is 5.75 Å². The summed E-state index contributed by atoms with van der Waals surface area (Å²) >= 11 is 0. The lowest BCUT2D eigenvalue weighted by Crippen LogP contribution is -2.38. The van der Waals surface area contributed by atoms with Gasteiger partial charge in [0.25, 0.3) is 0 Å². The lowest BCUT2D eigenvalue weighted by molar-refractivity contribution is 0.181. The normalized spacial score (nSPS) is 23.6. The fourth-order valence-corrected chi connectivity index (χ4v) is 4.50. The first-order chi connectivity index (χ1) is 10.8. The van der Waals surface area contributed by atoms with Crippen LogP contribution in [-0.4, -0.2) is 35.6 Å². The smallest absolute Gasteiger partial charge is 0.119 e. The molecule has 0 unspecified atom stereocenters. The first-order valence-electron chi connectivity index (χ1n) is 8.75. The number of likely N-dealkylation sites (tertiary alicyclic amines) is 1. The minimum absolute atomic E-state index is 0.730. The molecule has 1 aliphatic carbocycles. The van der Waals surface area contributed by atoms with Crippen LogP contribution in [0.2, 0.25) is 0 Å². The quantitative estimate of drug-likeness (QED) is 0.919. The van der Waals surface area contributed by atoms with Gasteiger partial charge >= 0.3 is 0 Å². The number of fused-ring (bicyclic) bond motifs is 1. The maximum Gasteiger partial charge on any atom is 0.119 e. The van der Waals surface area contributed by atoms with Crippen molar-refractivity contribution < 1.29 is 4.74 Å². The van der Waals surface area contributed by atoms with Crippen LogP contribution in [0.25, 0.3) is 10.9 Å². The van der Waals surface area contributed by atoms with Crippen LogP contribution in [0.4, 0.5) is 0 Å². The SMILES string of the molecule is COc1ccc2[nH]cc(C[C@H]3CCCN3C3CCCC3)c2c1. The Morgan fingerprint density at radius 3 is 2.86 bits per heavy atom. The van der Waals surface area contributed by atoms with E-state index >= 15 is 0 Å². The molecule has 0 amide bonds. The van der Waals surface area contributed by atoms with Crippen LogP contribution in [0, 0.1) is 0 Å². The summed E-state index contributed by atoms with van der Waals surface area (Å²) in [4.78, 5) is 6.24. The van der Waals surface area contributed by atoms with Crippen LogP contribution in [-0.2, 0) is 6.42 Å². The Morgan fingerprint density at radius 1 is 1.18 bits per heavy atom. The van der Waals surface area contributed by atoms with Crippen molar-refractivity contribution in [2.75, 3.05) is 13.7 Å². The molecule has 0 radical (unpaired) electrons. The van der Waals surface area contributed by atoms with Crippen molar-refractivity contribution in [1.29, 1.82) is 0 Å². The molecule has 22 heavy (non-hydrogen) atoms. The van der Waals surface area contributed by atoms with Crippen LogP contribution >= 0.6 is 0 Å². The van der Waals surface area contributed by atoms with E-state index in [0.717, 1.165) is 17.8 Å². The monoisotopic (exact) mass is 298 g/mol. The van der Waals surface area contributed by atoms with E-state index < -0.39 is 0 Å². The van der Waals surface area contributed by atoms with Crippen LogP contribution in [0.3, 0.4) is 0 Å². The molecule has 118 valence electrons. The predicted octanol–water partition coefficient (Wildman–Crippen LogP) is 4.13. The number of ether oxygens (including phenoxy) is 1. The van der Waals surface area contributed by atoms with E-state index in [9.17, 15) is 0 Å². The van der Waals surface area contributed by atoms with Crippen molar-refractivity contribution in [3.8, 4) is 5.75 Å². The number of H-pyrrole nitrogens is 1. The van der Waals surface area contributed by atoms with Gasteiger partial charge in [0.1, 0.15) is 5.75 Å². The van der Waals surface area contributed by atoms with E-state index in [1.807, 2.05) is 6.07 Å². The van der Waals surface area contributed by atoms with Gasteiger partial charge in [-0.3, -0.25) is 4.90 Å². The average molecular weight is 298 g/mol. The largest absolute Gasteiger partial charge is 0.497 e. The van der Waals surface area contributed by atoms with Gasteiger partial charge in [0, 0.05) is 29.2 Å². The molecule has 2 aliphatic rings. The number of hydrogen-bond acceptors (Lipinski definition) is 2. The zero-order chi connectivity index (χ0) is 14.9. The molecule has 0 bridgehead atoms. The van der Waals surface area contributed by atoms with Gasteiger partial charge in [0.15, 0.2) is 0 Å². The van der Waals surface area contributed by atoms with Crippen molar-refractivity contribution >= 4 is 10.9 Å². The first-order valence-corrected chi connectivity index (χ1v) is 8.75. The van der Waals surface area contributed by atoms with Gasteiger partial charge in [-0.05, 0) is 62.4 Å². The van der Waals surface area contributed by atoms with E-state index in [4.69, 9.17) is 4.74 Å². The first kappa shape index (κ1) is 14.1. The van der Waals surface area contributed by atoms with Gasteiger partial charge < -0.3 is 9.72 Å². The average Bonchev–Trinajstić information content (AvgIpc) is 3.27. The number of hydrogen-bond donors (Lipinski definition) is 1. The maximum absolute atomic E-state index is 5.39. The fraction of sp³-hybridized carbons (Fsp3) is 0.579. The zero-order valence-corrected chi connectivity index (χ0v) is 13.5. The second-order valence-electron chi connectivity index (χ2n) is 6.90. The minimum Gasteiger partial charge on any atom is -0.497 e. The molecule has 1 atom stereocenters. The van der Waals surface area contributed by atoms with Gasteiger partial charge in [-0.25, -0.2) is 0 Å². The molecule has 1 saturated carbocycles. The Kier molecular flexibility index (Phi) is 3.83. The van der Waals surface area contributed by atoms with E-state index in [0.29, 0.717) is 0 Å². The third kappa shape index (κ3) is 2.52. The number of aromatic nitrogens is 1. The third-order valence-corrected chi connectivity index (χ3v) is 5.65. The minimum atomic E-state index is 0.730. The van der Waals surface area contributed by atoms with Gasteiger partial charge in [-0.15, -0.1) is 0 Å². The molecule has 1 aromatic carbocycles. The summed E-state index contributed by atoms with van der Waals surface area (Å²) in [6.45, 7) is 1.31. The number of nitrogens with zero attached hydrogens (tertiary/aromatic N) is 1. The molecule has 2 aromatic rings. The second-order valence-corrected chi connectivity index (χ2v) is 6.90. The van der Waals surface area contributed by atoms with Crippen molar-refractivity contribution in [3.05, 3.63) is 30.0 Å². The molecule has 2 heterocycles. The van der Waals surface area contributed by atoms with Crippen molar-refractivity contribution in [1.82, 2.24) is 9.88 Å². The van der Waals surface area contributed by atoms with E-state index in [-0.39, 0.29) is 0 Å². The second kappa shape index (κ2) is 5.96. The number of rotatable bonds is 4. The molecule has 3 heteroatoms. The number of methoxy groups -OCH3 is 1. The standard InChI is InChI=1S/C19H26N2O/c1-22-17-8-9-19-18(12-17)14(13-20-19)11-16-7-4-10-21(16)15-5-2-3-6-15/h8-9,12-13,15-16,20H,2-7,10-11H2,1H3/t16-/m1/s1. The van der Waals surface area contributed by atoms with Crippen LogP contribution < -0.4 is 4.74 Å². The summed E-state index contributed by atoms with van der Waals surface area (Å²) in [7, 11) is 1.74. The highest BCUT2D eigenvalue weighted by atomic mass is 16.5. The van der Waals surface area contributed by atoms with Crippen LogP contribution in [0.15, 0.2) is 24.4 Å². The molecule has 1 saturated heterocycles. The summed E-state index contributed by atoms with van der Waals surface area (Å²) < 4.78 is 5.39. The molecule has 3 nitrogen and oxygen atoms in total. The Bertz CT molecular complexity index is 642. The molecule has 1 aromatic heterocycles. The molecular weight excluding hydrogens is 272 g/mol. The lowest BCUT2D eigenvalue weighted by atomic mass is 10.0. The van der Waals surface area contributed by atoms with Crippen molar-refractivity contribution in [3.63, 3.8) is 0 Å². The summed E-state index contributed by atoms with van der Waals surface area (Å²) in [5.74, 6) is 0.951. The van der Waals surface area contributed by atoms with E-state index in [1.165, 1.54) is 68.0 Å². The molecular formula is C19H26N2O. The topological polar surface area (TPSA) is 28.3 Å². The predicted molar refractivity (Wildman–Crippen MR) is 90.5 cm³/mol. The summed E-state index contributed by atoms with van der Waals surface area (Å²) in [6.07, 6.45) is 11.8. The van der Waals surface area contributed by atoms with Gasteiger partial charge in [0.05, 0.1) is 7.11 Å².